The molecule has 29 heavy (non-hydrogen) atoms. The Morgan fingerprint density at radius 3 is 2.66 bits per heavy atom. The number of carbonyl (C=O) groups is 1. The molecule has 2 fully saturated rings. The van der Waals surface area contributed by atoms with E-state index in [1.807, 2.05) is 30.3 Å². The van der Waals surface area contributed by atoms with Gasteiger partial charge in [-0.25, -0.2) is 4.79 Å². The molecule has 0 bridgehead atoms. The summed E-state index contributed by atoms with van der Waals surface area (Å²) >= 11 is 0. The van der Waals surface area contributed by atoms with E-state index in [-0.39, 0.29) is 23.8 Å². The molecule has 0 spiro atoms. The van der Waals surface area contributed by atoms with Gasteiger partial charge in [0.1, 0.15) is 6.61 Å². The summed E-state index contributed by atoms with van der Waals surface area (Å²) in [4.78, 5) is 16.7. The lowest BCUT2D eigenvalue weighted by molar-refractivity contribution is -0.0462. The molecule has 0 aromatic heterocycles. The van der Waals surface area contributed by atoms with Crippen molar-refractivity contribution in [1.29, 1.82) is 0 Å². The van der Waals surface area contributed by atoms with E-state index in [9.17, 15) is 4.79 Å². The van der Waals surface area contributed by atoms with Gasteiger partial charge in [-0.2, -0.15) is 0 Å². The highest BCUT2D eigenvalue weighted by Crippen LogP contribution is 2.17. The van der Waals surface area contributed by atoms with Gasteiger partial charge in [0.2, 0.25) is 0 Å². The van der Waals surface area contributed by atoms with Gasteiger partial charge in [0.05, 0.1) is 32.5 Å². The molecule has 3 rings (SSSR count). The van der Waals surface area contributed by atoms with Crippen LogP contribution in [-0.4, -0.2) is 86.1 Å². The van der Waals surface area contributed by atoms with Crippen LogP contribution in [0.2, 0.25) is 0 Å². The van der Waals surface area contributed by atoms with Crippen molar-refractivity contribution in [2.75, 3.05) is 52.5 Å². The van der Waals surface area contributed by atoms with Gasteiger partial charge in [-0.15, -0.1) is 0 Å². The fourth-order valence-electron chi connectivity index (χ4n) is 3.78. The van der Waals surface area contributed by atoms with E-state index in [2.05, 4.69) is 31.0 Å². The van der Waals surface area contributed by atoms with Gasteiger partial charge in [0.25, 0.3) is 0 Å². The molecule has 1 aromatic rings. The van der Waals surface area contributed by atoms with E-state index >= 15 is 0 Å². The highest BCUT2D eigenvalue weighted by atomic mass is 16.6. The van der Waals surface area contributed by atoms with Crippen molar-refractivity contribution in [3.05, 3.63) is 35.9 Å². The van der Waals surface area contributed by atoms with E-state index in [0.29, 0.717) is 26.3 Å². The predicted molar refractivity (Wildman–Crippen MR) is 112 cm³/mol. The van der Waals surface area contributed by atoms with Crippen LogP contribution in [0.4, 0.5) is 4.79 Å². The second kappa shape index (κ2) is 10.4. The quantitative estimate of drug-likeness (QED) is 0.750. The minimum absolute atomic E-state index is 0.0427. The van der Waals surface area contributed by atoms with Gasteiger partial charge in [0.15, 0.2) is 0 Å². The summed E-state index contributed by atoms with van der Waals surface area (Å²) in [6, 6.07) is 9.89. The third-order valence-corrected chi connectivity index (χ3v) is 5.84. The molecule has 162 valence electrons. The highest BCUT2D eigenvalue weighted by Gasteiger charge is 2.32. The lowest BCUT2D eigenvalue weighted by Crippen LogP contribution is -2.58. The molecule has 0 unspecified atom stereocenters. The SMILES string of the molecule is C[C@@H](NCC(C)(C)N1CCOCC1)[C@@H]1CN(C(=O)OCc2ccccc2)CCO1. The van der Waals surface area contributed by atoms with E-state index in [0.717, 1.165) is 38.4 Å². The third-order valence-electron chi connectivity index (χ3n) is 5.84. The molecule has 2 saturated heterocycles. The molecule has 1 N–H and O–H groups in total. The van der Waals surface area contributed by atoms with Crippen LogP contribution < -0.4 is 5.32 Å². The van der Waals surface area contributed by atoms with E-state index in [4.69, 9.17) is 14.2 Å². The van der Waals surface area contributed by atoms with Gasteiger partial charge in [-0.05, 0) is 26.3 Å². The first-order valence-electron chi connectivity index (χ1n) is 10.6. The van der Waals surface area contributed by atoms with Crippen molar-refractivity contribution < 1.29 is 19.0 Å². The van der Waals surface area contributed by atoms with Gasteiger partial charge in [-0.3, -0.25) is 4.90 Å². The Balaban J connectivity index is 1.44. The second-order valence-electron chi connectivity index (χ2n) is 8.48. The molecular weight excluding hydrogens is 370 g/mol. The molecule has 0 aliphatic carbocycles. The minimum Gasteiger partial charge on any atom is -0.445 e. The number of benzene rings is 1. The molecule has 2 heterocycles. The first-order chi connectivity index (χ1) is 14.0. The molecule has 1 amide bonds. The van der Waals surface area contributed by atoms with E-state index in [1.165, 1.54) is 0 Å². The summed E-state index contributed by atoms with van der Waals surface area (Å²) in [6.45, 7) is 12.9. The van der Waals surface area contributed by atoms with Crippen LogP contribution in [0.3, 0.4) is 0 Å². The summed E-state index contributed by atoms with van der Waals surface area (Å²) in [5.41, 5.74) is 1.03. The van der Waals surface area contributed by atoms with Crippen LogP contribution in [0.5, 0.6) is 0 Å². The molecule has 0 radical (unpaired) electrons. The maximum atomic E-state index is 12.5. The van der Waals surface area contributed by atoms with Gasteiger partial charge in [-0.1, -0.05) is 30.3 Å². The second-order valence-corrected chi connectivity index (χ2v) is 8.48. The molecule has 1 aromatic carbocycles. The third kappa shape index (κ3) is 6.40. The molecular formula is C22H35N3O4. The van der Waals surface area contributed by atoms with Crippen molar-refractivity contribution in [2.24, 2.45) is 0 Å². The lowest BCUT2D eigenvalue weighted by atomic mass is 10.0. The van der Waals surface area contributed by atoms with Crippen LogP contribution in [0.1, 0.15) is 26.3 Å². The molecule has 2 atom stereocenters. The Hall–Kier alpha value is -1.67. The van der Waals surface area contributed by atoms with Crippen molar-refractivity contribution >= 4 is 6.09 Å². The predicted octanol–water partition coefficient (Wildman–Crippen LogP) is 2.11. The summed E-state index contributed by atoms with van der Waals surface area (Å²) in [5, 5.41) is 3.62. The average Bonchev–Trinajstić information content (AvgIpc) is 2.77. The van der Waals surface area contributed by atoms with Gasteiger partial charge < -0.3 is 24.4 Å². The fourth-order valence-corrected chi connectivity index (χ4v) is 3.78. The summed E-state index contributed by atoms with van der Waals surface area (Å²) in [5.74, 6) is 0. The number of amides is 1. The number of ether oxygens (including phenoxy) is 3. The number of hydrogen-bond acceptors (Lipinski definition) is 6. The van der Waals surface area contributed by atoms with E-state index < -0.39 is 0 Å². The zero-order chi connectivity index (χ0) is 20.7. The van der Waals surface area contributed by atoms with Crippen molar-refractivity contribution in [1.82, 2.24) is 15.1 Å². The fraction of sp³-hybridized carbons (Fsp3) is 0.682. The maximum absolute atomic E-state index is 12.5. The first kappa shape index (κ1) is 22.0. The van der Waals surface area contributed by atoms with Crippen molar-refractivity contribution in [2.45, 2.75) is 45.1 Å². The summed E-state index contributed by atoms with van der Waals surface area (Å²) in [7, 11) is 0. The molecule has 2 aliphatic rings. The number of nitrogens with zero attached hydrogens (tertiary/aromatic N) is 2. The van der Waals surface area contributed by atoms with Gasteiger partial charge >= 0.3 is 6.09 Å². The highest BCUT2D eigenvalue weighted by molar-refractivity contribution is 5.67. The molecule has 2 aliphatic heterocycles. The number of hydrogen-bond donors (Lipinski definition) is 1. The molecule has 0 saturated carbocycles. The zero-order valence-corrected chi connectivity index (χ0v) is 17.9. The minimum atomic E-state index is -0.275. The molecule has 7 heteroatoms. The summed E-state index contributed by atoms with van der Waals surface area (Å²) in [6.07, 6.45) is -0.323. The van der Waals surface area contributed by atoms with E-state index in [1.54, 1.807) is 4.90 Å². The first-order valence-corrected chi connectivity index (χ1v) is 10.6. The number of rotatable bonds is 7. The van der Waals surface area contributed by atoms with Crippen LogP contribution in [0, 0.1) is 0 Å². The smallest absolute Gasteiger partial charge is 0.410 e. The lowest BCUT2D eigenvalue weighted by Gasteiger charge is -2.42. The normalized spacial score (nSPS) is 22.3. The average molecular weight is 406 g/mol. The Morgan fingerprint density at radius 1 is 1.21 bits per heavy atom. The Bertz CT molecular complexity index is 634. The number of nitrogens with one attached hydrogen (secondary N) is 1. The standard InChI is InChI=1S/C22H35N3O4/c1-18(23-17-22(2,3)25-10-12-27-13-11-25)20-15-24(9-14-28-20)21(26)29-16-19-7-5-4-6-8-19/h4-8,18,20,23H,9-17H2,1-3H3/t18-,20+/m1/s1. The largest absolute Gasteiger partial charge is 0.445 e. The molecule has 7 nitrogen and oxygen atoms in total. The Labute approximate surface area is 174 Å². The van der Waals surface area contributed by atoms with Crippen LogP contribution in [0.15, 0.2) is 30.3 Å². The van der Waals surface area contributed by atoms with Crippen LogP contribution >= 0.6 is 0 Å². The Morgan fingerprint density at radius 2 is 1.93 bits per heavy atom. The van der Waals surface area contributed by atoms with Crippen molar-refractivity contribution in [3.8, 4) is 0 Å². The van der Waals surface area contributed by atoms with Crippen LogP contribution in [-0.2, 0) is 20.8 Å². The zero-order valence-electron chi connectivity index (χ0n) is 17.9. The van der Waals surface area contributed by atoms with Crippen molar-refractivity contribution in [3.63, 3.8) is 0 Å². The monoisotopic (exact) mass is 405 g/mol. The van der Waals surface area contributed by atoms with Crippen LogP contribution in [0.25, 0.3) is 0 Å². The number of carbonyl (C=O) groups excluding carboxylic acids is 1. The van der Waals surface area contributed by atoms with Gasteiger partial charge in [0, 0.05) is 37.8 Å². The topological polar surface area (TPSA) is 63.3 Å². The maximum Gasteiger partial charge on any atom is 0.410 e. The summed E-state index contributed by atoms with van der Waals surface area (Å²) < 4.78 is 16.9. The Kier molecular flexibility index (Phi) is 7.89. The number of morpholine rings is 2.